The van der Waals surface area contributed by atoms with Gasteiger partial charge in [0.25, 0.3) is 0 Å². The Morgan fingerprint density at radius 3 is 2.76 bits per heavy atom. The van der Waals surface area contributed by atoms with E-state index in [0.29, 0.717) is 57.0 Å². The van der Waals surface area contributed by atoms with E-state index >= 15 is 0 Å². The van der Waals surface area contributed by atoms with Gasteiger partial charge in [0.05, 0.1) is 30.7 Å². The van der Waals surface area contributed by atoms with Gasteiger partial charge in [-0.15, -0.1) is 5.92 Å². The lowest BCUT2D eigenvalue weighted by Crippen LogP contribution is -2.38. The van der Waals surface area contributed by atoms with Crippen LogP contribution in [0.25, 0.3) is 0 Å². The second kappa shape index (κ2) is 18.1. The van der Waals surface area contributed by atoms with Gasteiger partial charge in [-0.2, -0.15) is 0 Å². The molecule has 0 radical (unpaired) electrons. The predicted molar refractivity (Wildman–Crippen MR) is 182 cm³/mol. The van der Waals surface area contributed by atoms with Crippen LogP contribution in [-0.2, 0) is 12.8 Å². The maximum absolute atomic E-state index is 11.2. The number of H-pyrrole nitrogens is 1. The molecule has 2 aliphatic rings. The van der Waals surface area contributed by atoms with Crippen LogP contribution in [0.1, 0.15) is 70.1 Å². The maximum Gasteiger partial charge on any atom is 0.161 e. The fourth-order valence-corrected chi connectivity index (χ4v) is 6.42. The molecule has 0 bridgehead atoms. The molecule has 1 aromatic heterocycles. The Labute approximate surface area is 274 Å². The summed E-state index contributed by atoms with van der Waals surface area (Å²) in [4.78, 5) is 3.29. The first-order valence-corrected chi connectivity index (χ1v) is 17.0. The van der Waals surface area contributed by atoms with Crippen LogP contribution in [0, 0.1) is 29.6 Å². The number of aromatic nitrogens is 1. The minimum absolute atomic E-state index is 0.0812. The second-order valence-corrected chi connectivity index (χ2v) is 13.0. The Bertz CT molecular complexity index is 1330. The van der Waals surface area contributed by atoms with Crippen molar-refractivity contribution in [3.8, 4) is 23.3 Å². The van der Waals surface area contributed by atoms with Crippen molar-refractivity contribution in [3.63, 3.8) is 0 Å². The Kier molecular flexibility index (Phi) is 13.9. The van der Waals surface area contributed by atoms with E-state index in [1.54, 1.807) is 13.0 Å². The van der Waals surface area contributed by atoms with Crippen LogP contribution >= 0.6 is 0 Å². The van der Waals surface area contributed by atoms with E-state index in [9.17, 15) is 20.4 Å². The van der Waals surface area contributed by atoms with Crippen molar-refractivity contribution < 1.29 is 25.2 Å². The van der Waals surface area contributed by atoms with Gasteiger partial charge in [-0.05, 0) is 106 Å². The fourth-order valence-electron chi connectivity index (χ4n) is 6.42. The summed E-state index contributed by atoms with van der Waals surface area (Å²) in [7, 11) is 0. The molecule has 0 fully saturated rings. The monoisotopic (exact) mass is 634 g/mol. The molecule has 0 amide bonds. The Hall–Kier alpha value is -3.42. The van der Waals surface area contributed by atoms with E-state index < -0.39 is 18.3 Å². The average molecular weight is 635 g/mol. The Balaban J connectivity index is 1.34. The van der Waals surface area contributed by atoms with E-state index in [2.05, 4.69) is 46.5 Å². The number of aryl methyl sites for hydroxylation is 1. The number of rotatable bonds is 15. The molecule has 4 rings (SSSR count). The first-order valence-electron chi connectivity index (χ1n) is 17.0. The molecular formula is C37H54N4O5. The number of benzene rings is 1. The van der Waals surface area contributed by atoms with E-state index in [4.69, 9.17) is 10.5 Å². The third-order valence-electron chi connectivity index (χ3n) is 9.25. The van der Waals surface area contributed by atoms with E-state index in [0.717, 1.165) is 43.4 Å². The number of dihydropyridines is 1. The minimum Gasteiger partial charge on any atom is -0.504 e. The molecular weight excluding hydrogens is 580 g/mol. The summed E-state index contributed by atoms with van der Waals surface area (Å²) >= 11 is 0. The smallest absolute Gasteiger partial charge is 0.161 e. The zero-order valence-corrected chi connectivity index (χ0v) is 27.4. The molecule has 9 heteroatoms. The van der Waals surface area contributed by atoms with Crippen molar-refractivity contribution in [1.82, 2.24) is 15.6 Å². The highest BCUT2D eigenvalue weighted by Crippen LogP contribution is 2.31. The maximum atomic E-state index is 11.2. The number of aliphatic hydroxyl groups is 3. The topological polar surface area (TPSA) is 156 Å². The number of ether oxygens (including phenoxy) is 1. The van der Waals surface area contributed by atoms with Crippen molar-refractivity contribution in [2.75, 3.05) is 19.7 Å². The highest BCUT2D eigenvalue weighted by atomic mass is 16.5. The first kappa shape index (κ1) is 35.4. The number of aliphatic hydroxyl groups excluding tert-OH is 3. The average Bonchev–Trinajstić information content (AvgIpc) is 3.56. The zero-order chi connectivity index (χ0) is 32.9. The first-order chi connectivity index (χ1) is 22.2. The van der Waals surface area contributed by atoms with E-state index in [1.807, 2.05) is 30.5 Å². The van der Waals surface area contributed by atoms with E-state index in [1.165, 1.54) is 5.57 Å². The lowest BCUT2D eigenvalue weighted by atomic mass is 9.84. The number of allylic oxidation sites excluding steroid dienone is 2. The van der Waals surface area contributed by atoms with Gasteiger partial charge in [0.1, 0.15) is 0 Å². The molecule has 0 spiro atoms. The van der Waals surface area contributed by atoms with Crippen LogP contribution in [-0.4, -0.2) is 69.5 Å². The quantitative estimate of drug-likeness (QED) is 0.137. The molecule has 46 heavy (non-hydrogen) atoms. The molecule has 1 aliphatic heterocycles. The largest absolute Gasteiger partial charge is 0.504 e. The van der Waals surface area contributed by atoms with Crippen LogP contribution in [0.15, 0.2) is 60.1 Å². The number of nitrogens with two attached hydrogens (primary N) is 1. The summed E-state index contributed by atoms with van der Waals surface area (Å²) in [6, 6.07) is 9.56. The molecule has 252 valence electrons. The molecule has 0 saturated heterocycles. The molecule has 9 N–H and O–H groups in total. The summed E-state index contributed by atoms with van der Waals surface area (Å²) < 4.78 is 6.11. The lowest BCUT2D eigenvalue weighted by molar-refractivity contribution is 0.00428. The second-order valence-electron chi connectivity index (χ2n) is 13.0. The molecule has 7 atom stereocenters. The zero-order valence-electron chi connectivity index (χ0n) is 27.4. The number of aromatic amines is 1. The van der Waals surface area contributed by atoms with Crippen LogP contribution in [0.3, 0.4) is 0 Å². The number of phenols is 1. The van der Waals surface area contributed by atoms with E-state index in [-0.39, 0.29) is 29.5 Å². The third-order valence-corrected chi connectivity index (χ3v) is 9.25. The SMILES string of the molecule is CCC1C#CCC(C(O)CCc2ccc(O)c(OCCC(Cc3ccc[nH]3)C3=CCNC(N)=C3)c2)C(O)CCC(NCC(C)O)C1. The van der Waals surface area contributed by atoms with Crippen molar-refractivity contribution in [3.05, 3.63) is 71.3 Å². The standard InChI is InChI=1S/C37H54N4O5/c1-3-26-6-4-8-32(34(44)14-11-31(20-26)41-24-25(2)42)33(43)12-9-27-10-13-35(45)36(21-27)46-19-16-29(22-30-7-5-17-39-30)28-15-18-40-37(38)23-28/h5,7,10,13,15,17,21,23,25-26,29,31-34,39-45H,3,8-9,11-12,14,16,18-20,22,24,38H2,1-2H3. The summed E-state index contributed by atoms with van der Waals surface area (Å²) in [5, 5.41) is 49.2. The Morgan fingerprint density at radius 1 is 1.17 bits per heavy atom. The van der Waals surface area contributed by atoms with Crippen LogP contribution < -0.4 is 21.1 Å². The van der Waals surface area contributed by atoms with Gasteiger partial charge in [0, 0.05) is 49.3 Å². The summed E-state index contributed by atoms with van der Waals surface area (Å²) in [6.07, 6.45) is 10.4. The third kappa shape index (κ3) is 11.1. The lowest BCUT2D eigenvalue weighted by Gasteiger charge is -2.30. The molecule has 0 saturated carbocycles. The highest BCUT2D eigenvalue weighted by molar-refractivity contribution is 5.42. The number of hydrogen-bond donors (Lipinski definition) is 8. The molecule has 2 heterocycles. The summed E-state index contributed by atoms with van der Waals surface area (Å²) in [5.74, 6) is 7.90. The van der Waals surface area contributed by atoms with Gasteiger partial charge in [0.15, 0.2) is 11.5 Å². The van der Waals surface area contributed by atoms with Gasteiger partial charge < -0.3 is 46.5 Å². The number of phenolic OH excluding ortho intramolecular Hbond substituents is 1. The normalized spacial score (nSPS) is 23.9. The molecule has 1 aromatic carbocycles. The molecule has 9 nitrogen and oxygen atoms in total. The molecule has 1 aliphatic carbocycles. The summed E-state index contributed by atoms with van der Waals surface area (Å²) in [6.45, 7) is 5.52. The van der Waals surface area contributed by atoms with Gasteiger partial charge in [-0.1, -0.05) is 25.0 Å². The van der Waals surface area contributed by atoms with Crippen molar-refractivity contribution in [2.24, 2.45) is 23.5 Å². The molecule has 2 aromatic rings. The van der Waals surface area contributed by atoms with Gasteiger partial charge in [-0.3, -0.25) is 0 Å². The van der Waals surface area contributed by atoms with Gasteiger partial charge >= 0.3 is 0 Å². The number of aromatic hydroxyl groups is 1. The predicted octanol–water partition coefficient (Wildman–Crippen LogP) is 3.89. The highest BCUT2D eigenvalue weighted by Gasteiger charge is 2.28. The van der Waals surface area contributed by atoms with Gasteiger partial charge in [0.2, 0.25) is 0 Å². The van der Waals surface area contributed by atoms with Crippen LogP contribution in [0.4, 0.5) is 0 Å². The number of hydrogen-bond acceptors (Lipinski definition) is 8. The fraction of sp³-hybridized carbons (Fsp3) is 0.568. The van der Waals surface area contributed by atoms with Crippen molar-refractivity contribution >= 4 is 0 Å². The molecule has 7 unspecified atom stereocenters. The minimum atomic E-state index is -0.724. The van der Waals surface area contributed by atoms with Crippen molar-refractivity contribution in [1.29, 1.82) is 0 Å². The van der Waals surface area contributed by atoms with Crippen LogP contribution in [0.2, 0.25) is 0 Å². The Morgan fingerprint density at radius 2 is 2.02 bits per heavy atom. The van der Waals surface area contributed by atoms with Crippen molar-refractivity contribution in [2.45, 2.75) is 96.0 Å². The summed E-state index contributed by atoms with van der Waals surface area (Å²) in [5.41, 5.74) is 9.31. The number of nitrogens with one attached hydrogen (secondary N) is 3. The van der Waals surface area contributed by atoms with Crippen LogP contribution in [0.5, 0.6) is 11.5 Å². The van der Waals surface area contributed by atoms with Gasteiger partial charge in [-0.25, -0.2) is 0 Å².